The molecule has 4 rings (SSSR count). The van der Waals surface area contributed by atoms with E-state index in [2.05, 4.69) is 63.6 Å². The molecule has 1 saturated heterocycles. The van der Waals surface area contributed by atoms with Gasteiger partial charge in [-0.3, -0.25) is 4.90 Å². The van der Waals surface area contributed by atoms with Gasteiger partial charge in [0.05, 0.1) is 25.5 Å². The summed E-state index contributed by atoms with van der Waals surface area (Å²) >= 11 is 0. The van der Waals surface area contributed by atoms with E-state index in [1.165, 1.54) is 16.7 Å². The normalized spacial score (nSPS) is 14.6. The molecule has 0 amide bonds. The highest BCUT2D eigenvalue weighted by molar-refractivity contribution is 14.0. The lowest BCUT2D eigenvalue weighted by Gasteiger charge is -2.36. The smallest absolute Gasteiger partial charge is 0.194 e. The van der Waals surface area contributed by atoms with Crippen LogP contribution in [0, 0.1) is 0 Å². The third-order valence-corrected chi connectivity index (χ3v) is 5.70. The minimum atomic E-state index is 0. The average molecular weight is 575 g/mol. The van der Waals surface area contributed by atoms with Crippen LogP contribution in [0.25, 0.3) is 0 Å². The molecule has 0 spiro atoms. The van der Waals surface area contributed by atoms with Crippen LogP contribution in [-0.4, -0.2) is 53.6 Å². The van der Waals surface area contributed by atoms with Crippen molar-refractivity contribution in [2.75, 3.05) is 32.7 Å². The summed E-state index contributed by atoms with van der Waals surface area (Å²) in [5.74, 6) is 0.980. The molecule has 0 unspecified atom stereocenters. The molecule has 2 heterocycles. The van der Waals surface area contributed by atoms with E-state index in [0.717, 1.165) is 50.9 Å². The lowest BCUT2D eigenvalue weighted by molar-refractivity contribution is 0.107. The van der Waals surface area contributed by atoms with Crippen molar-refractivity contribution in [3.05, 3.63) is 89.3 Å². The van der Waals surface area contributed by atoms with Crippen LogP contribution in [0.4, 0.5) is 0 Å². The molecule has 3 aromatic rings. The Morgan fingerprint density at radius 2 is 1.62 bits per heavy atom. The number of hydrogen-bond donors (Lipinski definition) is 1. The van der Waals surface area contributed by atoms with E-state index < -0.39 is 0 Å². The monoisotopic (exact) mass is 575 g/mol. The fraction of sp³-hybridized carbons (Fsp3) is 0.385. The molecule has 0 atom stereocenters. The van der Waals surface area contributed by atoms with Crippen molar-refractivity contribution >= 4 is 29.9 Å². The number of aromatic nitrogens is 1. The van der Waals surface area contributed by atoms with Crippen LogP contribution >= 0.6 is 24.0 Å². The van der Waals surface area contributed by atoms with Gasteiger partial charge in [0, 0.05) is 45.3 Å². The van der Waals surface area contributed by atoms with E-state index in [1.807, 2.05) is 24.3 Å². The van der Waals surface area contributed by atoms with Crippen LogP contribution in [0.3, 0.4) is 0 Å². The Balaban J connectivity index is 0.00000324. The Labute approximate surface area is 219 Å². The number of guanidine groups is 1. The Morgan fingerprint density at radius 1 is 0.941 bits per heavy atom. The maximum atomic E-state index is 5.84. The van der Waals surface area contributed by atoms with Crippen molar-refractivity contribution in [2.45, 2.75) is 33.2 Å². The predicted octanol–water partition coefficient (Wildman–Crippen LogP) is 4.29. The highest BCUT2D eigenvalue weighted by Gasteiger charge is 2.20. The Kier molecular flexibility index (Phi) is 10.8. The first kappa shape index (κ1) is 26.2. The SMILES string of the molecule is CCNC(=NCc1ccc(COCc2ccccc2)cc1)N1CCN(Cc2ccon2)CC1.I. The van der Waals surface area contributed by atoms with E-state index in [4.69, 9.17) is 14.3 Å². The molecule has 1 fully saturated rings. The van der Waals surface area contributed by atoms with Gasteiger partial charge in [0.2, 0.25) is 0 Å². The zero-order chi connectivity index (χ0) is 22.7. The van der Waals surface area contributed by atoms with Crippen LogP contribution in [-0.2, 0) is 31.0 Å². The minimum Gasteiger partial charge on any atom is -0.372 e. The first-order chi connectivity index (χ1) is 16.3. The van der Waals surface area contributed by atoms with Crippen molar-refractivity contribution in [2.24, 2.45) is 4.99 Å². The lowest BCUT2D eigenvalue weighted by Crippen LogP contribution is -2.52. The van der Waals surface area contributed by atoms with Crippen molar-refractivity contribution < 1.29 is 9.26 Å². The van der Waals surface area contributed by atoms with Crippen LogP contribution in [0.5, 0.6) is 0 Å². The molecule has 7 nitrogen and oxygen atoms in total. The van der Waals surface area contributed by atoms with Gasteiger partial charge in [0.1, 0.15) is 6.26 Å². The quantitative estimate of drug-likeness (QED) is 0.233. The Bertz CT molecular complexity index is 972. The maximum absolute atomic E-state index is 5.84. The molecule has 1 aromatic heterocycles. The number of rotatable bonds is 9. The highest BCUT2D eigenvalue weighted by atomic mass is 127. The molecule has 1 aliphatic heterocycles. The van der Waals surface area contributed by atoms with E-state index in [-0.39, 0.29) is 24.0 Å². The summed E-state index contributed by atoms with van der Waals surface area (Å²) in [5.41, 5.74) is 4.55. The van der Waals surface area contributed by atoms with E-state index >= 15 is 0 Å². The van der Waals surface area contributed by atoms with Gasteiger partial charge in [-0.1, -0.05) is 59.8 Å². The molecule has 8 heteroatoms. The van der Waals surface area contributed by atoms with Gasteiger partial charge >= 0.3 is 0 Å². The van der Waals surface area contributed by atoms with E-state index in [9.17, 15) is 0 Å². The van der Waals surface area contributed by atoms with Gasteiger partial charge in [-0.25, -0.2) is 4.99 Å². The number of ether oxygens (including phenoxy) is 1. The van der Waals surface area contributed by atoms with Crippen LogP contribution in [0.2, 0.25) is 0 Å². The zero-order valence-electron chi connectivity index (χ0n) is 19.7. The van der Waals surface area contributed by atoms with Gasteiger partial charge < -0.3 is 19.5 Å². The van der Waals surface area contributed by atoms with E-state index in [1.54, 1.807) is 6.26 Å². The minimum absolute atomic E-state index is 0. The lowest BCUT2D eigenvalue weighted by atomic mass is 10.1. The summed E-state index contributed by atoms with van der Waals surface area (Å²) in [4.78, 5) is 9.64. The Hall–Kier alpha value is -2.43. The summed E-state index contributed by atoms with van der Waals surface area (Å²) in [6.45, 7) is 9.56. The number of benzene rings is 2. The third kappa shape index (κ3) is 8.11. The molecule has 0 saturated carbocycles. The maximum Gasteiger partial charge on any atom is 0.194 e. The van der Waals surface area contributed by atoms with Gasteiger partial charge in [0.15, 0.2) is 5.96 Å². The van der Waals surface area contributed by atoms with Crippen LogP contribution in [0.15, 0.2) is 76.4 Å². The second-order valence-electron chi connectivity index (χ2n) is 8.22. The average Bonchev–Trinajstić information content (AvgIpc) is 3.37. The molecule has 34 heavy (non-hydrogen) atoms. The summed E-state index contributed by atoms with van der Waals surface area (Å²) in [6, 6.07) is 20.7. The number of nitrogens with zero attached hydrogens (tertiary/aromatic N) is 4. The number of aliphatic imine (C=N–C) groups is 1. The molecule has 0 radical (unpaired) electrons. The number of piperazine rings is 1. The number of nitrogens with one attached hydrogen (secondary N) is 1. The van der Waals surface area contributed by atoms with Gasteiger partial charge in [-0.2, -0.15) is 0 Å². The van der Waals surface area contributed by atoms with Crippen molar-refractivity contribution in [1.29, 1.82) is 0 Å². The topological polar surface area (TPSA) is 66.1 Å². The summed E-state index contributed by atoms with van der Waals surface area (Å²) < 4.78 is 10.8. The highest BCUT2D eigenvalue weighted by Crippen LogP contribution is 2.11. The van der Waals surface area contributed by atoms with Gasteiger partial charge in [0.25, 0.3) is 0 Å². The zero-order valence-corrected chi connectivity index (χ0v) is 22.1. The summed E-state index contributed by atoms with van der Waals surface area (Å²) in [6.07, 6.45) is 1.63. The molecule has 1 N–H and O–H groups in total. The third-order valence-electron chi connectivity index (χ3n) is 5.70. The predicted molar refractivity (Wildman–Crippen MR) is 145 cm³/mol. The number of hydrogen-bond acceptors (Lipinski definition) is 5. The van der Waals surface area contributed by atoms with Crippen LogP contribution < -0.4 is 5.32 Å². The molecule has 0 bridgehead atoms. The molecular formula is C26H34IN5O2. The van der Waals surface area contributed by atoms with Gasteiger partial charge in [-0.05, 0) is 23.6 Å². The molecule has 0 aliphatic carbocycles. The van der Waals surface area contributed by atoms with Crippen molar-refractivity contribution in [1.82, 2.24) is 20.3 Å². The molecule has 1 aliphatic rings. The standard InChI is InChI=1S/C26H33N5O2.HI/c1-2-27-26(31-15-13-30(14-16-31)19-25-12-17-33-29-25)28-18-22-8-10-24(11-9-22)21-32-20-23-6-4-3-5-7-23;/h3-12,17H,2,13-16,18-21H2,1H3,(H,27,28);1H. The second kappa shape index (κ2) is 14.1. The Morgan fingerprint density at radius 3 is 2.26 bits per heavy atom. The fourth-order valence-corrected chi connectivity index (χ4v) is 3.86. The largest absolute Gasteiger partial charge is 0.372 e. The summed E-state index contributed by atoms with van der Waals surface area (Å²) in [5, 5.41) is 7.47. The molecule has 182 valence electrons. The van der Waals surface area contributed by atoms with Crippen LogP contribution in [0.1, 0.15) is 29.3 Å². The van der Waals surface area contributed by atoms with Crippen molar-refractivity contribution in [3.63, 3.8) is 0 Å². The molecular weight excluding hydrogens is 541 g/mol. The van der Waals surface area contributed by atoms with E-state index in [0.29, 0.717) is 19.8 Å². The fourth-order valence-electron chi connectivity index (χ4n) is 3.86. The van der Waals surface area contributed by atoms with Crippen molar-refractivity contribution in [3.8, 4) is 0 Å². The second-order valence-corrected chi connectivity index (χ2v) is 8.22. The number of halogens is 1. The molecule has 2 aromatic carbocycles. The van der Waals surface area contributed by atoms with Gasteiger partial charge in [-0.15, -0.1) is 24.0 Å². The summed E-state index contributed by atoms with van der Waals surface area (Å²) in [7, 11) is 0. The first-order valence-corrected chi connectivity index (χ1v) is 11.6. The first-order valence-electron chi connectivity index (χ1n) is 11.6.